The van der Waals surface area contributed by atoms with E-state index in [1.54, 1.807) is 101 Å². The van der Waals surface area contributed by atoms with Gasteiger partial charge in [0.1, 0.15) is 52.4 Å². The average Bonchev–Trinajstić information content (AvgIpc) is 0.739. The van der Waals surface area contributed by atoms with Crippen LogP contribution in [0, 0.1) is 55.6 Å². The average molecular weight is 1780 g/mol. The number of aryl methyl sites for hydroxylation is 4. The Labute approximate surface area is 750 Å². The van der Waals surface area contributed by atoms with E-state index in [0.29, 0.717) is 148 Å². The van der Waals surface area contributed by atoms with E-state index in [0.717, 1.165) is 28.5 Å². The van der Waals surface area contributed by atoms with Crippen LogP contribution in [0.4, 0.5) is 46.4 Å². The van der Waals surface area contributed by atoms with E-state index in [9.17, 15) is 37.6 Å². The zero-order valence-corrected chi connectivity index (χ0v) is 75.5. The third kappa shape index (κ3) is 18.0. The Morgan fingerprint density at radius 2 is 0.961 bits per heavy atom. The fourth-order valence-corrected chi connectivity index (χ4v) is 17.5. The molecule has 3 aromatic carbocycles. The summed E-state index contributed by atoms with van der Waals surface area (Å²) in [5.41, 5.74) is 8.08. The van der Waals surface area contributed by atoms with Crippen LogP contribution in [0.25, 0.3) is 50.5 Å². The number of aromatic nitrogens is 10. The minimum atomic E-state index is -0.835. The second-order valence-corrected chi connectivity index (χ2v) is 33.9. The molecule has 10 aromatic rings. The number of aliphatic imine (C=N–C) groups is 2. The minimum Gasteiger partial charge on any atom is -0.352 e. The van der Waals surface area contributed by atoms with Crippen LogP contribution < -0.4 is 20.4 Å². The van der Waals surface area contributed by atoms with Crippen LogP contribution in [0.5, 0.6) is 0 Å². The van der Waals surface area contributed by atoms with Gasteiger partial charge < -0.3 is 29.4 Å². The molecular weight excluding hydrogens is 1680 g/mol. The van der Waals surface area contributed by atoms with Gasteiger partial charge in [-0.15, -0.1) is 0 Å². The molecule has 5 unspecified atom stereocenters. The van der Waals surface area contributed by atoms with Crippen LogP contribution >= 0.6 is 34.8 Å². The zero-order valence-electron chi connectivity index (χ0n) is 73.2. The highest BCUT2D eigenvalue weighted by Gasteiger charge is 2.43. The first-order valence-corrected chi connectivity index (χ1v) is 42.9. The number of rotatable bonds is 15. The molecule has 3 amide bonds. The van der Waals surface area contributed by atoms with Gasteiger partial charge in [-0.25, -0.2) is 67.4 Å². The van der Waals surface area contributed by atoms with Gasteiger partial charge in [0.25, 0.3) is 0 Å². The highest BCUT2D eigenvalue weighted by molar-refractivity contribution is 6.35. The quantitative estimate of drug-likeness (QED) is 0.0524. The van der Waals surface area contributed by atoms with Crippen molar-refractivity contribution < 1.29 is 31.9 Å². The fourth-order valence-electron chi connectivity index (χ4n) is 16.8. The number of benzene rings is 3. The molecule has 0 spiro atoms. The molecule has 15 rings (SSSR count). The molecule has 0 bridgehead atoms. The van der Waals surface area contributed by atoms with Crippen molar-refractivity contribution in [3.05, 3.63) is 266 Å². The van der Waals surface area contributed by atoms with Gasteiger partial charge in [-0.05, 0) is 151 Å². The Hall–Kier alpha value is -12.9. The number of nitriles is 1. The van der Waals surface area contributed by atoms with Crippen molar-refractivity contribution in [2.45, 2.75) is 158 Å². The van der Waals surface area contributed by atoms with E-state index in [1.165, 1.54) is 41.0 Å². The molecule has 127 heavy (non-hydrogen) atoms. The summed E-state index contributed by atoms with van der Waals surface area (Å²) < 4.78 is 60.8. The highest BCUT2D eigenvalue weighted by Crippen LogP contribution is 2.48. The molecule has 32 heteroatoms. The van der Waals surface area contributed by atoms with E-state index in [2.05, 4.69) is 82.5 Å². The van der Waals surface area contributed by atoms with Crippen molar-refractivity contribution >= 4 is 104 Å². The Balaban J connectivity index is 0.000000163. The largest absolute Gasteiger partial charge is 0.355 e. The van der Waals surface area contributed by atoms with Gasteiger partial charge in [0.15, 0.2) is 17.3 Å². The highest BCUT2D eigenvalue weighted by atomic mass is 35.5. The Morgan fingerprint density at radius 1 is 0.520 bits per heavy atom. The molecule has 5 aliphatic rings. The van der Waals surface area contributed by atoms with Crippen LogP contribution in [0.2, 0.25) is 15.1 Å². The van der Waals surface area contributed by atoms with Crippen LogP contribution in [0.3, 0.4) is 0 Å². The van der Waals surface area contributed by atoms with Gasteiger partial charge in [-0.1, -0.05) is 153 Å². The zero-order chi connectivity index (χ0) is 91.7. The minimum absolute atomic E-state index is 0.0259. The molecule has 3 fully saturated rings. The number of halogens is 7. The Kier molecular flexibility index (Phi) is 27.5. The lowest BCUT2D eigenvalue weighted by Crippen LogP contribution is -2.59. The number of carbonyl (C=O) groups excluding carboxylic acids is 3. The number of hydrogen-bond donors (Lipinski definition) is 0. The monoisotopic (exact) mass is 1780 g/mol. The lowest BCUT2D eigenvalue weighted by molar-refractivity contribution is -0.131. The first-order valence-electron chi connectivity index (χ1n) is 41.8. The molecule has 0 saturated carbocycles. The first-order chi connectivity index (χ1) is 60.5. The van der Waals surface area contributed by atoms with Gasteiger partial charge in [0.2, 0.25) is 17.7 Å². The number of carbonyl (C=O) groups is 3. The summed E-state index contributed by atoms with van der Waals surface area (Å²) in [6.07, 6.45) is 5.54. The molecule has 0 radical (unpaired) electrons. The van der Waals surface area contributed by atoms with Gasteiger partial charge in [0, 0.05) is 99.3 Å². The van der Waals surface area contributed by atoms with Crippen LogP contribution in [0.1, 0.15) is 151 Å². The predicted molar refractivity (Wildman–Crippen MR) is 491 cm³/mol. The van der Waals surface area contributed by atoms with Gasteiger partial charge in [-0.2, -0.15) is 14.6 Å². The van der Waals surface area contributed by atoms with Crippen molar-refractivity contribution in [2.75, 3.05) is 60.5 Å². The number of piperazine rings is 3. The van der Waals surface area contributed by atoms with Crippen molar-refractivity contribution in [2.24, 2.45) is 9.98 Å². The summed E-state index contributed by atoms with van der Waals surface area (Å²) in [7, 11) is 0. The first kappa shape index (κ1) is 91.8. The molecule has 0 N–H and O–H groups in total. The Bertz CT molecular complexity index is 6290. The molecular formula is C95H98Cl3F4N21O4. The summed E-state index contributed by atoms with van der Waals surface area (Å²) in [6, 6.07) is 27.1. The van der Waals surface area contributed by atoms with E-state index in [-0.39, 0.29) is 111 Å². The van der Waals surface area contributed by atoms with E-state index in [1.807, 2.05) is 96.9 Å². The van der Waals surface area contributed by atoms with Crippen molar-refractivity contribution in [3.63, 3.8) is 0 Å². The normalized spacial score (nSPS) is 17.5. The predicted octanol–water partition coefficient (Wildman–Crippen LogP) is 18.4. The number of amides is 3. The second kappa shape index (κ2) is 38.1. The maximum absolute atomic E-state index is 15.1. The SMILES string of the molecule is C=CC(=O)N1CC(C)N(C2=NC(=C)N(c3c(C)nc(CC)nc3C(C)C)c3nc(-c4ccccc4F)c(Cl)cc32)CC1C.C=CC(=O)N1CC(C)N(C2=NC(=C)N(c3c(C)nc(F)nc3C(C)C)c3nc(-c4ccccc4F)c(Cl)cc32)CC1C.C=CC(=O)N1CCN(c2nc(=O)n(-c3c(C)ccnc3C(C)C)c3nc(-c4ccccc4F)c(Cl)cc23)CC1CC#N. The van der Waals surface area contributed by atoms with Gasteiger partial charge >= 0.3 is 11.8 Å². The summed E-state index contributed by atoms with van der Waals surface area (Å²) in [5.74, 6) is 1.88. The number of hydrogen-bond acceptors (Lipinski definition) is 21. The number of nitrogens with zero attached hydrogens (tertiary/aromatic N) is 21. The molecule has 3 saturated heterocycles. The maximum atomic E-state index is 15.1. The number of amidine groups is 2. The lowest BCUT2D eigenvalue weighted by Gasteiger charge is -2.46. The number of anilines is 5. The Morgan fingerprint density at radius 3 is 1.41 bits per heavy atom. The summed E-state index contributed by atoms with van der Waals surface area (Å²) in [5, 5.41) is 10.6. The fraction of sp³-hybridized carbons (Fsp3) is 0.326. The van der Waals surface area contributed by atoms with Gasteiger partial charge in [0.05, 0.1) is 113 Å². The summed E-state index contributed by atoms with van der Waals surface area (Å²) in [6.45, 7) is 49.9. The van der Waals surface area contributed by atoms with Crippen LogP contribution in [-0.4, -0.2) is 179 Å². The third-order valence-electron chi connectivity index (χ3n) is 23.0. The number of pyridine rings is 4. The maximum Gasteiger partial charge on any atom is 0.355 e. The van der Waals surface area contributed by atoms with Gasteiger partial charge in [-0.3, -0.25) is 29.2 Å². The number of fused-ring (bicyclic) bond motifs is 3. The van der Waals surface area contributed by atoms with Crippen molar-refractivity contribution in [1.29, 1.82) is 5.26 Å². The lowest BCUT2D eigenvalue weighted by atomic mass is 10.0. The van der Waals surface area contributed by atoms with Crippen LogP contribution in [-0.2, 0) is 20.8 Å². The third-order valence-corrected chi connectivity index (χ3v) is 23.8. The molecule has 7 aromatic heterocycles. The topological polar surface area (TPSA) is 264 Å². The van der Waals surface area contributed by atoms with E-state index >= 15 is 4.39 Å². The summed E-state index contributed by atoms with van der Waals surface area (Å²) in [4.78, 5) is 118. The van der Waals surface area contributed by atoms with E-state index in [4.69, 9.17) is 69.7 Å². The molecule has 0 aliphatic carbocycles. The van der Waals surface area contributed by atoms with E-state index < -0.39 is 35.3 Å². The van der Waals surface area contributed by atoms with Crippen LogP contribution in [0.15, 0.2) is 181 Å². The molecule has 5 atom stereocenters. The molecule has 656 valence electrons. The smallest absolute Gasteiger partial charge is 0.352 e. The molecule has 5 aliphatic heterocycles. The second-order valence-electron chi connectivity index (χ2n) is 32.7. The molecule has 12 heterocycles. The molecule has 25 nitrogen and oxygen atoms in total. The standard InChI is InChI=1S/C33H37ClFN7O.C31H32ClF2N7O.C31H29ClFN7O2/c1-9-27-36-21(7)31(29(38-27)18(3)4)42-22(8)37-32(41-17-19(5)40(16-20(41)6)28(43)10-2)24-15-25(34)30(39-33(24)42)23-13-11-12-14-26(23)35;1-8-25(42)39-14-18(5)40(15-17(39)4)29-22-13-23(32)27(21-11-9-10-12-24(21)33)37-30(22)41(20(7)36-29)28-19(6)35-31(34)38-26(28)16(2)3;1-5-25(41)39-15-14-38(17-20(39)10-12-34)29-22-16-23(32)27(21-8-6-7-9-24(21)33)36-30(22)40(31(42)37-29)28-19(4)11-13-35-26(28)18(2)3/h10-15,18-20H,2,8-9,16-17H2,1,3-7H3;8-13,16-18H,1,7,14-15H2,2-6H3;5-9,11,13,16,18,20H,1,10,14-15,17H2,2-4H3. The summed E-state index contributed by atoms with van der Waals surface area (Å²) >= 11 is 20.4. The van der Waals surface area contributed by atoms with Crippen molar-refractivity contribution in [3.8, 4) is 45.5 Å². The van der Waals surface area contributed by atoms with Crippen molar-refractivity contribution in [1.82, 2.24) is 73.9 Å².